The van der Waals surface area contributed by atoms with Crippen molar-refractivity contribution in [3.63, 3.8) is 0 Å². The standard InChI is InChI=1S/C36H46F3N3O/c1-24(10-6-5-7-13-34(43)36-26(3)20-35(39)41-27(36)4)28-11-8-9-12-30(15-14-28)42(23-29-22-40-19-18-25(29)2)31-16-17-32(37)33(38)21-31/h16-22,24,28,30H,5-15,23H2,1-4H3/t24-,28?,30?/m1/s1. The Labute approximate surface area is 255 Å². The molecule has 0 N–H and O–H groups in total. The summed E-state index contributed by atoms with van der Waals surface area (Å²) in [5.41, 5.74) is 4.64. The first kappa shape index (κ1) is 32.7. The number of hydrogen-bond donors (Lipinski definition) is 0. The summed E-state index contributed by atoms with van der Waals surface area (Å²) in [7, 11) is 0. The first-order chi connectivity index (χ1) is 20.6. The second-order valence-electron chi connectivity index (χ2n) is 12.5. The first-order valence-electron chi connectivity index (χ1n) is 15.9. The van der Waals surface area contributed by atoms with E-state index in [2.05, 4.69) is 28.7 Å². The lowest BCUT2D eigenvalue weighted by atomic mass is 9.79. The highest BCUT2D eigenvalue weighted by atomic mass is 19.2. The Balaban J connectivity index is 1.33. The SMILES string of the molecule is Cc1ccncc1CN(c1ccc(F)c(F)c1)C1CCCCC([C@H](C)CCCCCC(=O)c2c(C)cc(F)nc2C)CC1. The molecule has 2 unspecified atom stereocenters. The Morgan fingerprint density at radius 3 is 2.47 bits per heavy atom. The summed E-state index contributed by atoms with van der Waals surface area (Å²) < 4.78 is 41.7. The van der Waals surface area contributed by atoms with Gasteiger partial charge in [0.1, 0.15) is 0 Å². The third-order valence-corrected chi connectivity index (χ3v) is 9.41. The molecule has 7 heteroatoms. The Hall–Kier alpha value is -3.22. The van der Waals surface area contributed by atoms with Crippen LogP contribution in [0.1, 0.15) is 110 Å². The topological polar surface area (TPSA) is 46.1 Å². The van der Waals surface area contributed by atoms with E-state index in [0.717, 1.165) is 62.5 Å². The third-order valence-electron chi connectivity index (χ3n) is 9.41. The van der Waals surface area contributed by atoms with Crippen molar-refractivity contribution in [1.29, 1.82) is 0 Å². The van der Waals surface area contributed by atoms with Crippen molar-refractivity contribution >= 4 is 11.5 Å². The Kier molecular flexibility index (Phi) is 11.8. The number of aromatic nitrogens is 2. The molecule has 3 aromatic rings. The molecule has 1 fully saturated rings. The lowest BCUT2D eigenvalue weighted by Crippen LogP contribution is -2.36. The zero-order valence-electron chi connectivity index (χ0n) is 26.1. The molecule has 0 spiro atoms. The van der Waals surface area contributed by atoms with E-state index in [9.17, 15) is 18.0 Å². The summed E-state index contributed by atoms with van der Waals surface area (Å²) in [6, 6.07) is 7.82. The highest BCUT2D eigenvalue weighted by Crippen LogP contribution is 2.35. The van der Waals surface area contributed by atoms with Gasteiger partial charge in [-0.05, 0) is 99.2 Å². The maximum Gasteiger partial charge on any atom is 0.213 e. The molecule has 0 bridgehead atoms. The molecule has 2 heterocycles. The van der Waals surface area contributed by atoms with Gasteiger partial charge in [0, 0.05) is 48.7 Å². The van der Waals surface area contributed by atoms with E-state index in [1.165, 1.54) is 31.0 Å². The summed E-state index contributed by atoms with van der Waals surface area (Å²) in [5, 5.41) is 0. The lowest BCUT2D eigenvalue weighted by Gasteiger charge is -2.37. The van der Waals surface area contributed by atoms with Gasteiger partial charge in [-0.1, -0.05) is 45.4 Å². The van der Waals surface area contributed by atoms with Gasteiger partial charge in [-0.25, -0.2) is 13.8 Å². The maximum absolute atomic E-state index is 14.3. The number of Topliss-reactive ketones (excluding diaryl/α,β-unsaturated/α-hetero) is 1. The number of carbonyl (C=O) groups excluding carboxylic acids is 1. The molecular formula is C36H46F3N3O. The molecule has 1 aliphatic rings. The number of hydrogen-bond acceptors (Lipinski definition) is 4. The number of rotatable bonds is 12. The summed E-state index contributed by atoms with van der Waals surface area (Å²) >= 11 is 0. The second kappa shape index (κ2) is 15.5. The van der Waals surface area contributed by atoms with Crippen LogP contribution in [0.3, 0.4) is 0 Å². The van der Waals surface area contributed by atoms with E-state index < -0.39 is 17.6 Å². The molecule has 0 aliphatic heterocycles. The average molecular weight is 594 g/mol. The van der Waals surface area contributed by atoms with Gasteiger partial charge in [-0.15, -0.1) is 0 Å². The normalized spacial score (nSPS) is 18.1. The molecule has 1 aliphatic carbocycles. The summed E-state index contributed by atoms with van der Waals surface area (Å²) in [5.74, 6) is -0.932. The van der Waals surface area contributed by atoms with Crippen LogP contribution >= 0.6 is 0 Å². The number of halogens is 3. The zero-order chi connectivity index (χ0) is 30.9. The number of anilines is 1. The monoisotopic (exact) mass is 593 g/mol. The van der Waals surface area contributed by atoms with E-state index in [0.29, 0.717) is 47.3 Å². The molecule has 1 aromatic carbocycles. The van der Waals surface area contributed by atoms with Crippen molar-refractivity contribution in [2.75, 3.05) is 4.90 Å². The Bertz CT molecular complexity index is 1350. The van der Waals surface area contributed by atoms with Crippen LogP contribution in [0.2, 0.25) is 0 Å². The molecule has 4 rings (SSSR count). The maximum atomic E-state index is 14.3. The van der Waals surface area contributed by atoms with Crippen molar-refractivity contribution in [2.24, 2.45) is 11.8 Å². The highest BCUT2D eigenvalue weighted by Gasteiger charge is 2.26. The number of pyridine rings is 2. The van der Waals surface area contributed by atoms with E-state index in [-0.39, 0.29) is 11.8 Å². The Morgan fingerprint density at radius 2 is 1.72 bits per heavy atom. The highest BCUT2D eigenvalue weighted by molar-refractivity contribution is 5.98. The molecule has 232 valence electrons. The summed E-state index contributed by atoms with van der Waals surface area (Å²) in [6.45, 7) is 8.50. The van der Waals surface area contributed by atoms with Gasteiger partial charge in [-0.2, -0.15) is 4.39 Å². The Morgan fingerprint density at radius 1 is 0.930 bits per heavy atom. The van der Waals surface area contributed by atoms with Gasteiger partial charge in [0.2, 0.25) is 5.95 Å². The van der Waals surface area contributed by atoms with Crippen LogP contribution in [-0.4, -0.2) is 21.8 Å². The van der Waals surface area contributed by atoms with Crippen molar-refractivity contribution < 1.29 is 18.0 Å². The van der Waals surface area contributed by atoms with Gasteiger partial charge in [0.15, 0.2) is 17.4 Å². The molecule has 4 nitrogen and oxygen atoms in total. The third kappa shape index (κ3) is 8.90. The van der Waals surface area contributed by atoms with Gasteiger partial charge in [0.05, 0.1) is 5.69 Å². The molecule has 0 radical (unpaired) electrons. The molecule has 2 aromatic heterocycles. The number of ketones is 1. The molecule has 43 heavy (non-hydrogen) atoms. The molecular weight excluding hydrogens is 547 g/mol. The fraction of sp³-hybridized carbons (Fsp3) is 0.528. The van der Waals surface area contributed by atoms with E-state index >= 15 is 0 Å². The van der Waals surface area contributed by atoms with Crippen LogP contribution in [0.4, 0.5) is 18.9 Å². The molecule has 3 atom stereocenters. The predicted molar refractivity (Wildman–Crippen MR) is 167 cm³/mol. The minimum atomic E-state index is -0.824. The van der Waals surface area contributed by atoms with Crippen LogP contribution in [0.25, 0.3) is 0 Å². The summed E-state index contributed by atoms with van der Waals surface area (Å²) in [4.78, 5) is 23.2. The fourth-order valence-electron chi connectivity index (χ4n) is 6.80. The van der Waals surface area contributed by atoms with Crippen molar-refractivity contribution in [3.8, 4) is 0 Å². The first-order valence-corrected chi connectivity index (χ1v) is 15.9. The second-order valence-corrected chi connectivity index (χ2v) is 12.5. The summed E-state index contributed by atoms with van der Waals surface area (Å²) in [6.07, 6.45) is 14.8. The van der Waals surface area contributed by atoms with Crippen LogP contribution in [0.5, 0.6) is 0 Å². The lowest BCUT2D eigenvalue weighted by molar-refractivity contribution is 0.0977. The smallest absolute Gasteiger partial charge is 0.213 e. The molecule has 0 amide bonds. The number of unbranched alkanes of at least 4 members (excludes halogenated alkanes) is 2. The van der Waals surface area contributed by atoms with Crippen LogP contribution in [0, 0.1) is 50.2 Å². The van der Waals surface area contributed by atoms with E-state index in [1.807, 2.05) is 12.3 Å². The van der Waals surface area contributed by atoms with Crippen LogP contribution in [-0.2, 0) is 6.54 Å². The van der Waals surface area contributed by atoms with Gasteiger partial charge in [0.25, 0.3) is 0 Å². The molecule has 1 saturated carbocycles. The number of carbonyl (C=O) groups is 1. The van der Waals surface area contributed by atoms with Crippen molar-refractivity contribution in [2.45, 2.75) is 111 Å². The quantitative estimate of drug-likeness (QED) is 0.119. The van der Waals surface area contributed by atoms with E-state index in [4.69, 9.17) is 0 Å². The van der Waals surface area contributed by atoms with Crippen molar-refractivity contribution in [3.05, 3.63) is 88.3 Å². The van der Waals surface area contributed by atoms with Gasteiger partial charge in [-0.3, -0.25) is 9.78 Å². The predicted octanol–water partition coefficient (Wildman–Crippen LogP) is 9.63. The van der Waals surface area contributed by atoms with Gasteiger partial charge < -0.3 is 4.90 Å². The van der Waals surface area contributed by atoms with Gasteiger partial charge >= 0.3 is 0 Å². The number of nitrogens with zero attached hydrogens (tertiary/aromatic N) is 3. The average Bonchev–Trinajstić information content (AvgIpc) is 2.94. The van der Waals surface area contributed by atoms with Crippen LogP contribution in [0.15, 0.2) is 42.7 Å². The van der Waals surface area contributed by atoms with Crippen molar-refractivity contribution in [1.82, 2.24) is 9.97 Å². The minimum absolute atomic E-state index is 0.0497. The van der Waals surface area contributed by atoms with Crippen LogP contribution < -0.4 is 4.90 Å². The molecule has 0 saturated heterocycles. The zero-order valence-corrected chi connectivity index (χ0v) is 26.1. The number of aryl methyl sites for hydroxylation is 3. The largest absolute Gasteiger partial charge is 0.364 e. The minimum Gasteiger partial charge on any atom is -0.364 e. The fourth-order valence-corrected chi connectivity index (χ4v) is 6.80. The van der Waals surface area contributed by atoms with E-state index in [1.54, 1.807) is 26.1 Å². The number of benzene rings is 1.